The summed E-state index contributed by atoms with van der Waals surface area (Å²) in [6, 6.07) is 14.2. The van der Waals surface area contributed by atoms with Crippen molar-refractivity contribution in [3.8, 4) is 16.9 Å². The van der Waals surface area contributed by atoms with Crippen molar-refractivity contribution >= 4 is 0 Å². The molecule has 0 amide bonds. The van der Waals surface area contributed by atoms with Gasteiger partial charge in [-0.1, -0.05) is 30.3 Å². The molecule has 2 aromatic carbocycles. The van der Waals surface area contributed by atoms with Crippen LogP contribution in [0.2, 0.25) is 0 Å². The van der Waals surface area contributed by atoms with E-state index >= 15 is 0 Å². The molecule has 2 heterocycles. The van der Waals surface area contributed by atoms with Crippen molar-refractivity contribution in [3.05, 3.63) is 53.6 Å². The van der Waals surface area contributed by atoms with Crippen LogP contribution in [0.1, 0.15) is 24.0 Å². The zero-order valence-corrected chi connectivity index (χ0v) is 13.0. The third-order valence-electron chi connectivity index (χ3n) is 4.68. The first-order valence-corrected chi connectivity index (χ1v) is 8.15. The maximum atomic E-state index is 9.14. The van der Waals surface area contributed by atoms with Crippen LogP contribution in [0.25, 0.3) is 11.1 Å². The van der Waals surface area contributed by atoms with E-state index in [1.807, 2.05) is 24.3 Å². The molecule has 23 heavy (non-hydrogen) atoms. The summed E-state index contributed by atoms with van der Waals surface area (Å²) in [6.45, 7) is 2.54. The molecule has 4 heteroatoms. The zero-order valence-electron chi connectivity index (χ0n) is 13.0. The second kappa shape index (κ2) is 5.96. The number of rotatable bonds is 2. The van der Waals surface area contributed by atoms with Crippen molar-refractivity contribution in [1.82, 2.24) is 5.32 Å². The molecule has 0 aliphatic carbocycles. The molecule has 2 aromatic rings. The van der Waals surface area contributed by atoms with E-state index < -0.39 is 5.79 Å². The quantitative estimate of drug-likeness (QED) is 0.895. The molecule has 4 rings (SSSR count). The minimum absolute atomic E-state index is 0.0725. The van der Waals surface area contributed by atoms with Gasteiger partial charge in [0.15, 0.2) is 0 Å². The average molecular weight is 311 g/mol. The van der Waals surface area contributed by atoms with Gasteiger partial charge in [-0.05, 0) is 28.8 Å². The molecule has 0 unspecified atom stereocenters. The van der Waals surface area contributed by atoms with Gasteiger partial charge < -0.3 is 19.9 Å². The summed E-state index contributed by atoms with van der Waals surface area (Å²) in [5.74, 6) is 0.497. The first kappa shape index (κ1) is 14.7. The van der Waals surface area contributed by atoms with Crippen LogP contribution in [0, 0.1) is 0 Å². The van der Waals surface area contributed by atoms with Gasteiger partial charge in [-0.15, -0.1) is 0 Å². The molecule has 1 fully saturated rings. The van der Waals surface area contributed by atoms with E-state index in [9.17, 15) is 0 Å². The van der Waals surface area contributed by atoms with Gasteiger partial charge >= 0.3 is 0 Å². The molecular formula is C19H21NO3. The lowest BCUT2D eigenvalue weighted by molar-refractivity contribution is -0.218. The van der Waals surface area contributed by atoms with Gasteiger partial charge in [0.2, 0.25) is 5.79 Å². The predicted molar refractivity (Wildman–Crippen MR) is 88.1 cm³/mol. The molecule has 0 saturated carbocycles. The molecule has 0 bridgehead atoms. The topological polar surface area (TPSA) is 50.7 Å². The summed E-state index contributed by atoms with van der Waals surface area (Å²) in [6.07, 6.45) is 1.77. The van der Waals surface area contributed by atoms with Crippen molar-refractivity contribution in [3.63, 3.8) is 0 Å². The van der Waals surface area contributed by atoms with Crippen LogP contribution in [-0.4, -0.2) is 24.0 Å². The first-order chi connectivity index (χ1) is 11.3. The molecule has 120 valence electrons. The van der Waals surface area contributed by atoms with Crippen LogP contribution in [0.3, 0.4) is 0 Å². The molecule has 0 aromatic heterocycles. The monoisotopic (exact) mass is 311 g/mol. The average Bonchev–Trinajstić information content (AvgIpc) is 2.62. The minimum atomic E-state index is -0.442. The van der Waals surface area contributed by atoms with Crippen LogP contribution in [0.4, 0.5) is 0 Å². The number of aliphatic hydroxyl groups is 1. The van der Waals surface area contributed by atoms with Crippen LogP contribution < -0.4 is 10.1 Å². The molecule has 2 N–H and O–H groups in total. The lowest BCUT2D eigenvalue weighted by Gasteiger charge is -2.41. The normalized spacial score (nSPS) is 19.2. The number of aliphatic hydroxyl groups excluding tert-OH is 1. The Kier molecular flexibility index (Phi) is 3.81. The van der Waals surface area contributed by atoms with E-state index in [4.69, 9.17) is 14.6 Å². The SMILES string of the molecule is OCc1ccc(-c2ccc3c(c2)COC2(CCNCC2)O3)cc1. The number of piperidine rings is 1. The third kappa shape index (κ3) is 2.85. The van der Waals surface area contributed by atoms with Crippen molar-refractivity contribution in [2.75, 3.05) is 13.1 Å². The third-order valence-corrected chi connectivity index (χ3v) is 4.68. The lowest BCUT2D eigenvalue weighted by atomic mass is 9.99. The standard InChI is InChI=1S/C19H21NO3/c21-12-14-1-3-15(4-2-14)16-5-6-18-17(11-16)13-22-19(23-18)7-9-20-10-8-19/h1-6,11,20-21H,7-10,12-13H2. The number of ether oxygens (including phenoxy) is 2. The Labute approximate surface area is 136 Å². The number of hydrogen-bond acceptors (Lipinski definition) is 4. The first-order valence-electron chi connectivity index (χ1n) is 8.15. The highest BCUT2D eigenvalue weighted by Gasteiger charge is 2.38. The van der Waals surface area contributed by atoms with Gasteiger partial charge in [-0.3, -0.25) is 0 Å². The molecule has 0 atom stereocenters. The predicted octanol–water partition coefficient (Wildman–Crippen LogP) is 2.83. The highest BCUT2D eigenvalue weighted by molar-refractivity contribution is 5.66. The van der Waals surface area contributed by atoms with E-state index in [2.05, 4.69) is 23.5 Å². The molecular weight excluding hydrogens is 290 g/mol. The largest absolute Gasteiger partial charge is 0.462 e. The van der Waals surface area contributed by atoms with Crippen LogP contribution in [0.15, 0.2) is 42.5 Å². The van der Waals surface area contributed by atoms with Gasteiger partial charge in [-0.25, -0.2) is 0 Å². The van der Waals surface area contributed by atoms with E-state index in [1.54, 1.807) is 0 Å². The second-order valence-corrected chi connectivity index (χ2v) is 6.23. The van der Waals surface area contributed by atoms with Crippen LogP contribution in [0.5, 0.6) is 5.75 Å². The Morgan fingerprint density at radius 1 is 1.00 bits per heavy atom. The van der Waals surface area contributed by atoms with Crippen molar-refractivity contribution in [2.45, 2.75) is 31.8 Å². The number of nitrogens with one attached hydrogen (secondary N) is 1. The zero-order chi connectivity index (χ0) is 15.7. The van der Waals surface area contributed by atoms with Gasteiger partial charge in [0.1, 0.15) is 5.75 Å². The highest BCUT2D eigenvalue weighted by Crippen LogP contribution is 2.38. The highest BCUT2D eigenvalue weighted by atomic mass is 16.7. The Bertz CT molecular complexity index is 690. The van der Waals surface area contributed by atoms with Gasteiger partial charge in [0.05, 0.1) is 13.2 Å². The second-order valence-electron chi connectivity index (χ2n) is 6.23. The summed E-state index contributed by atoms with van der Waals surface area (Å²) >= 11 is 0. The number of benzene rings is 2. The number of hydrogen-bond donors (Lipinski definition) is 2. The van der Waals surface area contributed by atoms with Gasteiger partial charge in [-0.2, -0.15) is 0 Å². The Hall–Kier alpha value is -1.88. The molecule has 0 radical (unpaired) electrons. The van der Waals surface area contributed by atoms with Gasteiger partial charge in [0, 0.05) is 31.5 Å². The van der Waals surface area contributed by atoms with Crippen molar-refractivity contribution in [1.29, 1.82) is 0 Å². The summed E-state index contributed by atoms with van der Waals surface area (Å²) in [5.41, 5.74) is 4.29. The Morgan fingerprint density at radius 2 is 1.74 bits per heavy atom. The summed E-state index contributed by atoms with van der Waals surface area (Å²) in [4.78, 5) is 0. The molecule has 2 aliphatic heterocycles. The van der Waals surface area contributed by atoms with Crippen LogP contribution in [-0.2, 0) is 18.0 Å². The van der Waals surface area contributed by atoms with Crippen molar-refractivity contribution < 1.29 is 14.6 Å². The van der Waals surface area contributed by atoms with E-state index in [1.165, 1.54) is 0 Å². The summed E-state index contributed by atoms with van der Waals surface area (Å²) < 4.78 is 12.3. The Balaban J connectivity index is 1.59. The van der Waals surface area contributed by atoms with E-state index in [-0.39, 0.29) is 6.61 Å². The maximum Gasteiger partial charge on any atom is 0.213 e. The van der Waals surface area contributed by atoms with E-state index in [0.29, 0.717) is 6.61 Å². The fraction of sp³-hybridized carbons (Fsp3) is 0.368. The number of fused-ring (bicyclic) bond motifs is 1. The van der Waals surface area contributed by atoms with Gasteiger partial charge in [0.25, 0.3) is 0 Å². The smallest absolute Gasteiger partial charge is 0.213 e. The lowest BCUT2D eigenvalue weighted by Crippen LogP contribution is -2.49. The fourth-order valence-corrected chi connectivity index (χ4v) is 3.27. The maximum absolute atomic E-state index is 9.14. The summed E-state index contributed by atoms with van der Waals surface area (Å²) in [5, 5.41) is 12.5. The Morgan fingerprint density at radius 3 is 2.48 bits per heavy atom. The van der Waals surface area contributed by atoms with E-state index in [0.717, 1.165) is 53.9 Å². The molecule has 2 aliphatic rings. The molecule has 1 saturated heterocycles. The minimum Gasteiger partial charge on any atom is -0.462 e. The fourth-order valence-electron chi connectivity index (χ4n) is 3.27. The molecule has 1 spiro atoms. The van der Waals surface area contributed by atoms with Crippen LogP contribution >= 0.6 is 0 Å². The van der Waals surface area contributed by atoms with Crippen molar-refractivity contribution in [2.24, 2.45) is 0 Å². The summed E-state index contributed by atoms with van der Waals surface area (Å²) in [7, 11) is 0. The molecule has 4 nitrogen and oxygen atoms in total.